The predicted octanol–water partition coefficient (Wildman–Crippen LogP) is 1.32. The van der Waals surface area contributed by atoms with E-state index >= 15 is 0 Å². The van der Waals surface area contributed by atoms with E-state index in [0.717, 1.165) is 6.26 Å². The van der Waals surface area contributed by atoms with Crippen molar-refractivity contribution in [2.24, 2.45) is 0 Å². The highest BCUT2D eigenvalue weighted by atomic mass is 16.5. The Morgan fingerprint density at radius 2 is 2.08 bits per heavy atom. The van der Waals surface area contributed by atoms with Gasteiger partial charge in [0.05, 0.1) is 26.1 Å². The van der Waals surface area contributed by atoms with Crippen molar-refractivity contribution in [3.8, 4) is 0 Å². The van der Waals surface area contributed by atoms with E-state index in [9.17, 15) is 4.79 Å². The molecule has 0 unspecified atom stereocenters. The summed E-state index contributed by atoms with van der Waals surface area (Å²) in [5, 5.41) is 8.64. The minimum Gasteiger partial charge on any atom is -0.512 e. The van der Waals surface area contributed by atoms with Crippen molar-refractivity contribution in [3.05, 3.63) is 36.0 Å². The van der Waals surface area contributed by atoms with Gasteiger partial charge < -0.3 is 14.6 Å². The summed E-state index contributed by atoms with van der Waals surface area (Å²) in [4.78, 5) is 10.5. The highest BCUT2D eigenvalue weighted by Crippen LogP contribution is 2.06. The highest BCUT2D eigenvalue weighted by Gasteiger charge is 2.01. The number of methoxy groups -OCH3 is 2. The number of hydrogen-bond acceptors (Lipinski definition) is 4. The minimum absolute atomic E-state index is 0.107. The maximum atomic E-state index is 10.5. The van der Waals surface area contributed by atoms with E-state index in [0.29, 0.717) is 6.29 Å². The molecule has 1 N–H and O–H groups in total. The largest absolute Gasteiger partial charge is 0.512 e. The van der Waals surface area contributed by atoms with Crippen LogP contribution in [0.25, 0.3) is 0 Å². The average Bonchev–Trinajstić information content (AvgIpc) is 2.17. The maximum Gasteiger partial charge on any atom is 0.163 e. The zero-order valence-corrected chi connectivity index (χ0v) is 7.56. The molecule has 0 aromatic rings. The minimum atomic E-state index is 0.107. The normalized spacial score (nSPS) is 13.1. The molecule has 0 heterocycles. The topological polar surface area (TPSA) is 55.8 Å². The summed E-state index contributed by atoms with van der Waals surface area (Å²) in [7, 11) is 2.85. The van der Waals surface area contributed by atoms with Crippen LogP contribution in [0.4, 0.5) is 0 Å². The molecule has 0 atom stereocenters. The summed E-state index contributed by atoms with van der Waals surface area (Å²) in [6, 6.07) is 0. The summed E-state index contributed by atoms with van der Waals surface area (Å²) in [6.07, 6.45) is 5.68. The van der Waals surface area contributed by atoms with Gasteiger partial charge >= 0.3 is 0 Å². The van der Waals surface area contributed by atoms with E-state index in [4.69, 9.17) is 9.84 Å². The molecule has 0 aromatic carbocycles. The number of allylic oxidation sites excluding steroid dienone is 3. The van der Waals surface area contributed by atoms with Gasteiger partial charge in [0.15, 0.2) is 12.0 Å². The molecule has 0 radical (unpaired) electrons. The number of aliphatic hydroxyl groups excluding tert-OH is 1. The second-order valence-electron chi connectivity index (χ2n) is 2.00. The van der Waals surface area contributed by atoms with Crippen molar-refractivity contribution in [2.75, 3.05) is 14.2 Å². The second-order valence-corrected chi connectivity index (χ2v) is 2.00. The molecule has 0 amide bonds. The van der Waals surface area contributed by atoms with Crippen LogP contribution in [0.5, 0.6) is 0 Å². The van der Waals surface area contributed by atoms with Gasteiger partial charge in [-0.3, -0.25) is 4.79 Å². The van der Waals surface area contributed by atoms with Crippen LogP contribution in [0.1, 0.15) is 0 Å². The molecular formula is C9H12O4. The third-order valence-electron chi connectivity index (χ3n) is 1.24. The van der Waals surface area contributed by atoms with Crippen molar-refractivity contribution in [2.45, 2.75) is 0 Å². The number of aliphatic hydroxyl groups is 1. The Kier molecular flexibility index (Phi) is 6.05. The van der Waals surface area contributed by atoms with Crippen LogP contribution < -0.4 is 0 Å². The van der Waals surface area contributed by atoms with Crippen molar-refractivity contribution < 1.29 is 19.4 Å². The molecule has 0 saturated carbocycles. The second kappa shape index (κ2) is 6.97. The van der Waals surface area contributed by atoms with Crippen molar-refractivity contribution in [3.63, 3.8) is 0 Å². The van der Waals surface area contributed by atoms with Gasteiger partial charge in [0, 0.05) is 0 Å². The number of rotatable bonds is 5. The Morgan fingerprint density at radius 3 is 2.46 bits per heavy atom. The number of aldehydes is 1. The molecule has 4 heteroatoms. The first-order valence-corrected chi connectivity index (χ1v) is 3.53. The fourth-order valence-corrected chi connectivity index (χ4v) is 0.646. The zero-order chi connectivity index (χ0) is 10.1. The Morgan fingerprint density at radius 1 is 1.38 bits per heavy atom. The highest BCUT2D eigenvalue weighted by molar-refractivity contribution is 5.79. The summed E-state index contributed by atoms with van der Waals surface area (Å²) in [5.74, 6) is 0.107. The van der Waals surface area contributed by atoms with Gasteiger partial charge in [0.2, 0.25) is 0 Å². The Balaban J connectivity index is 4.58. The Labute approximate surface area is 76.8 Å². The number of carbonyl (C=O) groups is 1. The fraction of sp³-hybridized carbons (Fsp3) is 0.222. The average molecular weight is 184 g/mol. The lowest BCUT2D eigenvalue weighted by atomic mass is 10.2. The van der Waals surface area contributed by atoms with Crippen LogP contribution >= 0.6 is 0 Å². The molecule has 0 saturated heterocycles. The number of hydrogen-bond donors (Lipinski definition) is 1. The quantitative estimate of drug-likeness (QED) is 0.303. The standard InChI is InChI=1S/C9H12O4/c1-12-5-3-4-8(6-10)9(7-11)13-2/h3-7,11H,1-2H3/b5-3+,8-4-,9-7-. The monoisotopic (exact) mass is 184 g/mol. The van der Waals surface area contributed by atoms with Crippen LogP contribution in [-0.4, -0.2) is 25.6 Å². The van der Waals surface area contributed by atoms with Gasteiger partial charge in [-0.15, -0.1) is 0 Å². The molecule has 4 nitrogen and oxygen atoms in total. The molecule has 0 aromatic heterocycles. The van der Waals surface area contributed by atoms with Crippen molar-refractivity contribution >= 4 is 6.29 Å². The molecule has 0 fully saturated rings. The fourth-order valence-electron chi connectivity index (χ4n) is 0.646. The zero-order valence-electron chi connectivity index (χ0n) is 7.56. The van der Waals surface area contributed by atoms with Crippen LogP contribution in [0, 0.1) is 0 Å². The first kappa shape index (κ1) is 11.3. The van der Waals surface area contributed by atoms with Gasteiger partial charge in [0.1, 0.15) is 6.26 Å². The predicted molar refractivity (Wildman–Crippen MR) is 48.0 cm³/mol. The first-order chi connectivity index (χ1) is 6.29. The van der Waals surface area contributed by atoms with E-state index in [1.165, 1.54) is 32.6 Å². The molecule has 0 aliphatic rings. The molecule has 13 heavy (non-hydrogen) atoms. The third kappa shape index (κ3) is 4.00. The van der Waals surface area contributed by atoms with Gasteiger partial charge in [-0.1, -0.05) is 0 Å². The summed E-state index contributed by atoms with van der Waals surface area (Å²) in [6.45, 7) is 0. The summed E-state index contributed by atoms with van der Waals surface area (Å²) >= 11 is 0. The molecule has 0 spiro atoms. The van der Waals surface area contributed by atoms with Gasteiger partial charge in [-0.05, 0) is 12.2 Å². The van der Waals surface area contributed by atoms with Gasteiger partial charge in [0.25, 0.3) is 0 Å². The third-order valence-corrected chi connectivity index (χ3v) is 1.24. The van der Waals surface area contributed by atoms with Crippen LogP contribution in [0.15, 0.2) is 36.0 Å². The molecular weight excluding hydrogens is 172 g/mol. The number of carbonyl (C=O) groups excluding carboxylic acids is 1. The molecule has 0 bridgehead atoms. The summed E-state index contributed by atoms with van der Waals surface area (Å²) < 4.78 is 9.34. The van der Waals surface area contributed by atoms with Crippen LogP contribution in [0.3, 0.4) is 0 Å². The molecule has 0 rings (SSSR count). The lowest BCUT2D eigenvalue weighted by Crippen LogP contribution is -1.93. The van der Waals surface area contributed by atoms with E-state index in [2.05, 4.69) is 4.74 Å². The molecule has 0 aliphatic heterocycles. The summed E-state index contributed by atoms with van der Waals surface area (Å²) in [5.41, 5.74) is 0.235. The van der Waals surface area contributed by atoms with Crippen molar-refractivity contribution in [1.29, 1.82) is 0 Å². The lowest BCUT2D eigenvalue weighted by Gasteiger charge is -2.01. The molecule has 72 valence electrons. The van der Waals surface area contributed by atoms with E-state index in [1.807, 2.05) is 0 Å². The lowest BCUT2D eigenvalue weighted by molar-refractivity contribution is -0.105. The maximum absolute atomic E-state index is 10.5. The van der Waals surface area contributed by atoms with E-state index in [-0.39, 0.29) is 11.3 Å². The number of ether oxygens (including phenoxy) is 2. The molecule has 0 aliphatic carbocycles. The van der Waals surface area contributed by atoms with Gasteiger partial charge in [-0.2, -0.15) is 0 Å². The van der Waals surface area contributed by atoms with E-state index < -0.39 is 0 Å². The van der Waals surface area contributed by atoms with E-state index in [1.54, 1.807) is 0 Å². The van der Waals surface area contributed by atoms with Crippen molar-refractivity contribution in [1.82, 2.24) is 0 Å². The SMILES string of the molecule is CO/C=C/C=C(C=O)\C(=C\O)OC. The first-order valence-electron chi connectivity index (χ1n) is 3.53. The Bertz CT molecular complexity index is 238. The smallest absolute Gasteiger partial charge is 0.163 e. The Hall–Kier alpha value is -1.71. The van der Waals surface area contributed by atoms with Crippen LogP contribution in [-0.2, 0) is 14.3 Å². The van der Waals surface area contributed by atoms with Crippen LogP contribution in [0.2, 0.25) is 0 Å². The van der Waals surface area contributed by atoms with Gasteiger partial charge in [-0.25, -0.2) is 0 Å².